The summed E-state index contributed by atoms with van der Waals surface area (Å²) in [6.07, 6.45) is 3.41. The lowest BCUT2D eigenvalue weighted by Crippen LogP contribution is -2.42. The van der Waals surface area contributed by atoms with Gasteiger partial charge < -0.3 is 0 Å². The molecule has 1 saturated carbocycles. The molecule has 0 aromatic rings. The zero-order valence-electron chi connectivity index (χ0n) is 11.5. The SMILES string of the molecule is CCCC1CCC(=O)C(C(C#N)(C#N)C(C#N)C#N)C1. The van der Waals surface area contributed by atoms with Gasteiger partial charge in [-0.25, -0.2) is 0 Å². The minimum absolute atomic E-state index is 0.170. The van der Waals surface area contributed by atoms with Crippen LogP contribution in [0, 0.1) is 68.5 Å². The molecule has 0 heterocycles. The van der Waals surface area contributed by atoms with Gasteiger partial charge in [-0.2, -0.15) is 21.0 Å². The Hall–Kier alpha value is -2.37. The van der Waals surface area contributed by atoms with Gasteiger partial charge in [0.15, 0.2) is 11.3 Å². The summed E-state index contributed by atoms with van der Waals surface area (Å²) in [6.45, 7) is 2.04. The third-order valence-electron chi connectivity index (χ3n) is 4.09. The van der Waals surface area contributed by atoms with E-state index in [1.54, 1.807) is 24.3 Å². The first-order chi connectivity index (χ1) is 9.59. The summed E-state index contributed by atoms with van der Waals surface area (Å²) in [5.41, 5.74) is -1.84. The summed E-state index contributed by atoms with van der Waals surface area (Å²) < 4.78 is 0. The number of nitrogens with zero attached hydrogens (tertiary/aromatic N) is 4. The van der Waals surface area contributed by atoms with Gasteiger partial charge in [-0.05, 0) is 18.8 Å². The van der Waals surface area contributed by atoms with E-state index in [1.807, 2.05) is 6.92 Å². The van der Waals surface area contributed by atoms with Crippen LogP contribution in [0.5, 0.6) is 0 Å². The molecule has 1 aliphatic rings. The van der Waals surface area contributed by atoms with Gasteiger partial charge in [0.1, 0.15) is 5.78 Å². The summed E-state index contributed by atoms with van der Waals surface area (Å²) in [5, 5.41) is 36.8. The van der Waals surface area contributed by atoms with Crippen molar-refractivity contribution in [1.29, 1.82) is 21.0 Å². The van der Waals surface area contributed by atoms with Gasteiger partial charge in [-0.1, -0.05) is 19.8 Å². The van der Waals surface area contributed by atoms with Gasteiger partial charge in [0.25, 0.3) is 0 Å². The minimum atomic E-state index is -1.84. The van der Waals surface area contributed by atoms with Crippen LogP contribution < -0.4 is 0 Å². The highest BCUT2D eigenvalue weighted by Gasteiger charge is 2.52. The van der Waals surface area contributed by atoms with Gasteiger partial charge >= 0.3 is 0 Å². The van der Waals surface area contributed by atoms with Crippen LogP contribution in [-0.4, -0.2) is 5.78 Å². The number of Topliss-reactive ketones (excluding diaryl/α,β-unsaturated/α-hetero) is 1. The molecule has 2 unspecified atom stereocenters. The number of hydrogen-bond acceptors (Lipinski definition) is 5. The van der Waals surface area contributed by atoms with E-state index >= 15 is 0 Å². The number of carbonyl (C=O) groups excluding carboxylic acids is 1. The Morgan fingerprint density at radius 2 is 1.85 bits per heavy atom. The molecule has 5 nitrogen and oxygen atoms in total. The first kappa shape index (κ1) is 15.7. The van der Waals surface area contributed by atoms with Gasteiger partial charge in [0.05, 0.1) is 30.2 Å². The maximum Gasteiger partial charge on any atom is 0.182 e. The fraction of sp³-hybridized carbons (Fsp3) is 0.667. The van der Waals surface area contributed by atoms with Crippen LogP contribution >= 0.6 is 0 Å². The monoisotopic (exact) mass is 268 g/mol. The van der Waals surface area contributed by atoms with Crippen LogP contribution in [0.1, 0.15) is 39.0 Å². The second-order valence-corrected chi connectivity index (χ2v) is 5.23. The highest BCUT2D eigenvalue weighted by molar-refractivity contribution is 5.84. The molecular weight excluding hydrogens is 252 g/mol. The standard InChI is InChI=1S/C15H16N4O/c1-2-3-11-4-5-14(20)13(6-11)15(9-18,10-19)12(7-16)8-17/h11-13H,2-6H2,1H3. The van der Waals surface area contributed by atoms with E-state index in [0.29, 0.717) is 12.8 Å². The molecule has 0 radical (unpaired) electrons. The molecule has 1 fully saturated rings. The van der Waals surface area contributed by atoms with E-state index in [0.717, 1.165) is 19.3 Å². The Labute approximate surface area is 119 Å². The molecule has 0 saturated heterocycles. The predicted molar refractivity (Wildman–Crippen MR) is 69.1 cm³/mol. The van der Waals surface area contributed by atoms with Crippen LogP contribution in [-0.2, 0) is 4.79 Å². The number of rotatable bonds is 4. The van der Waals surface area contributed by atoms with Gasteiger partial charge in [0, 0.05) is 6.42 Å². The second-order valence-electron chi connectivity index (χ2n) is 5.23. The summed E-state index contributed by atoms with van der Waals surface area (Å²) >= 11 is 0. The fourth-order valence-electron chi connectivity index (χ4n) is 2.96. The molecule has 0 amide bonds. The van der Waals surface area contributed by atoms with E-state index in [4.69, 9.17) is 10.5 Å². The van der Waals surface area contributed by atoms with Crippen LogP contribution in [0.2, 0.25) is 0 Å². The first-order valence-corrected chi connectivity index (χ1v) is 6.74. The normalized spacial score (nSPS) is 22.4. The lowest BCUT2D eigenvalue weighted by atomic mass is 9.61. The number of hydrogen-bond donors (Lipinski definition) is 0. The zero-order valence-corrected chi connectivity index (χ0v) is 11.5. The number of ketones is 1. The molecule has 20 heavy (non-hydrogen) atoms. The predicted octanol–water partition coefficient (Wildman–Crippen LogP) is 2.47. The molecule has 0 aliphatic heterocycles. The Balaban J connectivity index is 3.18. The topological polar surface area (TPSA) is 112 Å². The summed E-state index contributed by atoms with van der Waals surface area (Å²) in [7, 11) is 0. The number of carbonyl (C=O) groups is 1. The smallest absolute Gasteiger partial charge is 0.182 e. The Bertz CT molecular complexity index is 512. The number of nitriles is 4. The van der Waals surface area contributed by atoms with Crippen molar-refractivity contribution in [2.24, 2.45) is 23.2 Å². The summed E-state index contributed by atoms with van der Waals surface area (Å²) in [5.74, 6) is -2.11. The first-order valence-electron chi connectivity index (χ1n) is 6.74. The van der Waals surface area contributed by atoms with Crippen molar-refractivity contribution < 1.29 is 4.79 Å². The molecule has 0 N–H and O–H groups in total. The zero-order chi connectivity index (χ0) is 15.2. The largest absolute Gasteiger partial charge is 0.299 e. The van der Waals surface area contributed by atoms with Crippen molar-refractivity contribution in [3.8, 4) is 24.3 Å². The molecule has 0 aromatic carbocycles. The fourth-order valence-corrected chi connectivity index (χ4v) is 2.96. The van der Waals surface area contributed by atoms with Gasteiger partial charge in [0.2, 0.25) is 0 Å². The van der Waals surface area contributed by atoms with Crippen molar-refractivity contribution in [2.45, 2.75) is 39.0 Å². The van der Waals surface area contributed by atoms with Crippen molar-refractivity contribution in [3.63, 3.8) is 0 Å². The third-order valence-corrected chi connectivity index (χ3v) is 4.09. The molecule has 1 rings (SSSR count). The maximum atomic E-state index is 12.1. The highest BCUT2D eigenvalue weighted by atomic mass is 16.1. The molecule has 2 atom stereocenters. The molecular formula is C15H16N4O. The lowest BCUT2D eigenvalue weighted by Gasteiger charge is -2.35. The Morgan fingerprint density at radius 1 is 1.25 bits per heavy atom. The van der Waals surface area contributed by atoms with Gasteiger partial charge in [-0.15, -0.1) is 0 Å². The Kier molecular flexibility index (Phi) is 5.25. The van der Waals surface area contributed by atoms with Crippen molar-refractivity contribution in [2.75, 3.05) is 0 Å². The lowest BCUT2D eigenvalue weighted by molar-refractivity contribution is -0.128. The third kappa shape index (κ3) is 2.64. The van der Waals surface area contributed by atoms with Crippen LogP contribution in [0.3, 0.4) is 0 Å². The van der Waals surface area contributed by atoms with Crippen LogP contribution in [0.25, 0.3) is 0 Å². The van der Waals surface area contributed by atoms with Crippen LogP contribution in [0.4, 0.5) is 0 Å². The molecule has 0 aromatic heterocycles. The minimum Gasteiger partial charge on any atom is -0.299 e. The molecule has 102 valence electrons. The second kappa shape index (κ2) is 6.70. The van der Waals surface area contributed by atoms with Crippen molar-refractivity contribution >= 4 is 5.78 Å². The van der Waals surface area contributed by atoms with Gasteiger partial charge in [-0.3, -0.25) is 4.79 Å². The quantitative estimate of drug-likeness (QED) is 0.777. The van der Waals surface area contributed by atoms with Crippen molar-refractivity contribution in [3.05, 3.63) is 0 Å². The average Bonchev–Trinajstić information content (AvgIpc) is 2.47. The Morgan fingerprint density at radius 3 is 2.30 bits per heavy atom. The molecule has 1 aliphatic carbocycles. The molecule has 0 spiro atoms. The maximum absolute atomic E-state index is 12.1. The average molecular weight is 268 g/mol. The highest BCUT2D eigenvalue weighted by Crippen LogP contribution is 2.44. The van der Waals surface area contributed by atoms with E-state index in [1.165, 1.54) is 0 Å². The van der Waals surface area contributed by atoms with E-state index in [2.05, 4.69) is 0 Å². The van der Waals surface area contributed by atoms with E-state index < -0.39 is 17.3 Å². The summed E-state index contributed by atoms with van der Waals surface area (Å²) in [4.78, 5) is 12.1. The summed E-state index contributed by atoms with van der Waals surface area (Å²) in [6, 6.07) is 7.01. The van der Waals surface area contributed by atoms with Crippen LogP contribution in [0.15, 0.2) is 0 Å². The molecule has 5 heteroatoms. The molecule has 0 bridgehead atoms. The van der Waals surface area contributed by atoms with Crippen molar-refractivity contribution in [1.82, 2.24) is 0 Å². The van der Waals surface area contributed by atoms with E-state index in [-0.39, 0.29) is 11.7 Å². The van der Waals surface area contributed by atoms with E-state index in [9.17, 15) is 15.3 Å².